The minimum Gasteiger partial charge on any atom is -0.451 e. The number of imide groups is 1. The fourth-order valence-corrected chi connectivity index (χ4v) is 3.81. The Labute approximate surface area is 191 Å². The lowest BCUT2D eigenvalue weighted by Gasteiger charge is -2.29. The van der Waals surface area contributed by atoms with Crippen LogP contribution in [-0.4, -0.2) is 67.0 Å². The first kappa shape index (κ1) is 22.5. The number of ether oxygens (including phenoxy) is 2. The molecule has 0 aromatic heterocycles. The normalized spacial score (nSPS) is 17.4. The molecule has 0 aliphatic carbocycles. The summed E-state index contributed by atoms with van der Waals surface area (Å²) in [6.45, 7) is 5.82. The van der Waals surface area contributed by atoms with E-state index in [2.05, 4.69) is 10.2 Å². The van der Waals surface area contributed by atoms with Crippen LogP contribution in [0.25, 0.3) is 0 Å². The number of hydrogen-bond acceptors (Lipinski definition) is 7. The van der Waals surface area contributed by atoms with Gasteiger partial charge in [0.05, 0.1) is 24.3 Å². The zero-order valence-electron chi connectivity index (χ0n) is 18.4. The average Bonchev–Trinajstić information content (AvgIpc) is 3.09. The van der Waals surface area contributed by atoms with Gasteiger partial charge in [0, 0.05) is 24.5 Å². The molecule has 33 heavy (non-hydrogen) atoms. The zero-order chi connectivity index (χ0) is 23.5. The van der Waals surface area contributed by atoms with Crippen molar-refractivity contribution >= 4 is 35.1 Å². The number of hydrogen-bond donors (Lipinski definition) is 1. The molecule has 2 aromatic carbocycles. The van der Waals surface area contributed by atoms with E-state index in [0.717, 1.165) is 23.7 Å². The second-order valence-electron chi connectivity index (χ2n) is 7.92. The highest BCUT2D eigenvalue weighted by atomic mass is 16.5. The van der Waals surface area contributed by atoms with Gasteiger partial charge in [-0.3, -0.25) is 19.3 Å². The summed E-state index contributed by atoms with van der Waals surface area (Å²) in [5.41, 5.74) is 2.08. The Morgan fingerprint density at radius 2 is 1.52 bits per heavy atom. The van der Waals surface area contributed by atoms with Crippen LogP contribution in [0, 0.1) is 0 Å². The van der Waals surface area contributed by atoms with Crippen LogP contribution < -0.4 is 10.2 Å². The Balaban J connectivity index is 1.33. The van der Waals surface area contributed by atoms with Crippen molar-refractivity contribution in [1.82, 2.24) is 4.90 Å². The zero-order valence-corrected chi connectivity index (χ0v) is 18.4. The second-order valence-corrected chi connectivity index (χ2v) is 7.92. The molecular formula is C24H25N3O6. The monoisotopic (exact) mass is 451 g/mol. The van der Waals surface area contributed by atoms with Gasteiger partial charge in [-0.05, 0) is 50.2 Å². The summed E-state index contributed by atoms with van der Waals surface area (Å²) in [4.78, 5) is 53.3. The lowest BCUT2D eigenvalue weighted by atomic mass is 10.1. The summed E-state index contributed by atoms with van der Waals surface area (Å²) in [5.74, 6) is -2.47. The van der Waals surface area contributed by atoms with Gasteiger partial charge in [-0.2, -0.15) is 0 Å². The molecule has 4 rings (SSSR count). The van der Waals surface area contributed by atoms with Crippen molar-refractivity contribution in [3.63, 3.8) is 0 Å². The molecule has 2 aliphatic rings. The minimum absolute atomic E-state index is 0.244. The molecule has 2 atom stereocenters. The largest absolute Gasteiger partial charge is 0.451 e. The Morgan fingerprint density at radius 1 is 0.939 bits per heavy atom. The molecule has 172 valence electrons. The maximum absolute atomic E-state index is 12.6. The first-order valence-corrected chi connectivity index (χ1v) is 10.8. The van der Waals surface area contributed by atoms with E-state index in [1.54, 1.807) is 24.3 Å². The summed E-state index contributed by atoms with van der Waals surface area (Å²) in [6.07, 6.45) is -1.12. The van der Waals surface area contributed by atoms with Gasteiger partial charge in [0.2, 0.25) is 0 Å². The molecular weight excluding hydrogens is 426 g/mol. The van der Waals surface area contributed by atoms with E-state index in [1.807, 2.05) is 12.1 Å². The number of anilines is 2. The van der Waals surface area contributed by atoms with Gasteiger partial charge in [0.1, 0.15) is 6.04 Å². The smallest absolute Gasteiger partial charge is 0.329 e. The van der Waals surface area contributed by atoms with Gasteiger partial charge in [-0.1, -0.05) is 12.1 Å². The number of nitrogens with zero attached hydrogens (tertiary/aromatic N) is 2. The number of amides is 3. The van der Waals surface area contributed by atoms with Crippen LogP contribution in [-0.2, 0) is 19.1 Å². The molecule has 0 unspecified atom stereocenters. The molecule has 9 nitrogen and oxygen atoms in total. The summed E-state index contributed by atoms with van der Waals surface area (Å²) in [7, 11) is 0. The SMILES string of the molecule is C[C@@H](OC(=O)[C@H](C)N1C(=O)c2ccccc2C1=O)C(=O)Nc1ccc(N2CCOCC2)cc1. The van der Waals surface area contributed by atoms with Crippen molar-refractivity contribution in [3.8, 4) is 0 Å². The first-order valence-electron chi connectivity index (χ1n) is 10.8. The molecule has 0 saturated carbocycles. The molecule has 3 amide bonds. The summed E-state index contributed by atoms with van der Waals surface area (Å²) in [5, 5.41) is 2.71. The fraction of sp³-hybridized carbons (Fsp3) is 0.333. The third-order valence-corrected chi connectivity index (χ3v) is 5.73. The predicted molar refractivity (Wildman–Crippen MR) is 120 cm³/mol. The van der Waals surface area contributed by atoms with E-state index in [0.29, 0.717) is 18.9 Å². The molecule has 1 N–H and O–H groups in total. The molecule has 2 heterocycles. The number of nitrogens with one attached hydrogen (secondary N) is 1. The van der Waals surface area contributed by atoms with E-state index in [1.165, 1.54) is 26.0 Å². The van der Waals surface area contributed by atoms with Gasteiger partial charge in [0.25, 0.3) is 17.7 Å². The first-order chi connectivity index (χ1) is 15.9. The molecule has 9 heteroatoms. The number of fused-ring (bicyclic) bond motifs is 1. The highest BCUT2D eigenvalue weighted by Crippen LogP contribution is 2.25. The van der Waals surface area contributed by atoms with Crippen LogP contribution in [0.4, 0.5) is 11.4 Å². The Kier molecular flexibility index (Phi) is 6.41. The van der Waals surface area contributed by atoms with Crippen LogP contribution in [0.5, 0.6) is 0 Å². The van der Waals surface area contributed by atoms with E-state index < -0.39 is 35.8 Å². The molecule has 1 saturated heterocycles. The third-order valence-electron chi connectivity index (χ3n) is 5.73. The van der Waals surface area contributed by atoms with E-state index in [-0.39, 0.29) is 11.1 Å². The maximum atomic E-state index is 12.6. The van der Waals surface area contributed by atoms with Crippen molar-refractivity contribution in [2.45, 2.75) is 26.0 Å². The van der Waals surface area contributed by atoms with Crippen LogP contribution >= 0.6 is 0 Å². The lowest BCUT2D eigenvalue weighted by molar-refractivity contribution is -0.156. The Hall–Kier alpha value is -3.72. The minimum atomic E-state index is -1.17. The highest BCUT2D eigenvalue weighted by molar-refractivity contribution is 6.22. The molecule has 0 radical (unpaired) electrons. The molecule has 0 spiro atoms. The van der Waals surface area contributed by atoms with Crippen molar-refractivity contribution in [3.05, 3.63) is 59.7 Å². The highest BCUT2D eigenvalue weighted by Gasteiger charge is 2.41. The van der Waals surface area contributed by atoms with Gasteiger partial charge in [-0.25, -0.2) is 4.79 Å². The van der Waals surface area contributed by atoms with Crippen LogP contribution in [0.1, 0.15) is 34.6 Å². The third kappa shape index (κ3) is 4.58. The van der Waals surface area contributed by atoms with E-state index >= 15 is 0 Å². The van der Waals surface area contributed by atoms with Gasteiger partial charge in [0.15, 0.2) is 6.10 Å². The number of carbonyl (C=O) groups excluding carboxylic acids is 4. The molecule has 1 fully saturated rings. The molecule has 2 aromatic rings. The van der Waals surface area contributed by atoms with E-state index in [9.17, 15) is 19.2 Å². The van der Waals surface area contributed by atoms with Gasteiger partial charge >= 0.3 is 5.97 Å². The molecule has 2 aliphatic heterocycles. The fourth-order valence-electron chi connectivity index (χ4n) is 3.81. The summed E-state index contributed by atoms with van der Waals surface area (Å²) in [6, 6.07) is 12.6. The van der Waals surface area contributed by atoms with Crippen LogP contribution in [0.15, 0.2) is 48.5 Å². The number of rotatable bonds is 6. The number of carbonyl (C=O) groups is 4. The standard InChI is InChI=1S/C24H25N3O6/c1-15(27-22(29)19-5-3-4-6-20(19)23(27)30)24(31)33-16(2)21(28)25-17-7-9-18(10-8-17)26-11-13-32-14-12-26/h3-10,15-16H,11-14H2,1-2H3,(H,25,28)/t15-,16+/m0/s1. The Morgan fingerprint density at radius 3 is 2.09 bits per heavy atom. The molecule has 0 bridgehead atoms. The van der Waals surface area contributed by atoms with Crippen molar-refractivity contribution in [2.24, 2.45) is 0 Å². The lowest BCUT2D eigenvalue weighted by Crippen LogP contribution is -2.45. The summed E-state index contributed by atoms with van der Waals surface area (Å²) >= 11 is 0. The predicted octanol–water partition coefficient (Wildman–Crippen LogP) is 2.08. The topological polar surface area (TPSA) is 105 Å². The van der Waals surface area contributed by atoms with E-state index in [4.69, 9.17) is 9.47 Å². The van der Waals surface area contributed by atoms with Crippen LogP contribution in [0.3, 0.4) is 0 Å². The van der Waals surface area contributed by atoms with Crippen molar-refractivity contribution < 1.29 is 28.7 Å². The van der Waals surface area contributed by atoms with Gasteiger partial charge < -0.3 is 19.7 Å². The van der Waals surface area contributed by atoms with Crippen LogP contribution in [0.2, 0.25) is 0 Å². The van der Waals surface area contributed by atoms with Crippen molar-refractivity contribution in [2.75, 3.05) is 36.5 Å². The maximum Gasteiger partial charge on any atom is 0.329 e. The number of benzene rings is 2. The number of morpholine rings is 1. The Bertz CT molecular complexity index is 1040. The summed E-state index contributed by atoms with van der Waals surface area (Å²) < 4.78 is 10.6. The van der Waals surface area contributed by atoms with Gasteiger partial charge in [-0.15, -0.1) is 0 Å². The average molecular weight is 451 g/mol. The van der Waals surface area contributed by atoms with Crippen molar-refractivity contribution in [1.29, 1.82) is 0 Å². The number of esters is 1. The second kappa shape index (κ2) is 9.41. The quantitative estimate of drug-likeness (QED) is 0.530.